The molecule has 0 aliphatic heterocycles. The molecule has 5 nitrogen and oxygen atoms in total. The van der Waals surface area contributed by atoms with Crippen LogP contribution in [0.5, 0.6) is 0 Å². The Balaban J connectivity index is 2.29. The van der Waals surface area contributed by atoms with Gasteiger partial charge in [0.05, 0.1) is 4.90 Å². The summed E-state index contributed by atoms with van der Waals surface area (Å²) in [6, 6.07) is 4.39. The van der Waals surface area contributed by atoms with Crippen LogP contribution in [0.3, 0.4) is 0 Å². The third-order valence-corrected chi connectivity index (χ3v) is 4.25. The Hall–Kier alpha value is -1.40. The highest BCUT2D eigenvalue weighted by molar-refractivity contribution is 7.89. The molecule has 1 amide bonds. The van der Waals surface area contributed by atoms with Crippen LogP contribution in [-0.2, 0) is 10.0 Å². The lowest BCUT2D eigenvalue weighted by Crippen LogP contribution is -2.29. The van der Waals surface area contributed by atoms with Crippen LogP contribution in [0.1, 0.15) is 28.8 Å². The highest BCUT2D eigenvalue weighted by atomic mass is 32.2. The van der Waals surface area contributed by atoms with Crippen LogP contribution in [0.25, 0.3) is 0 Å². The smallest absolute Gasteiger partial charge is 0.253 e. The number of carbonyl (C=O) groups is 1. The van der Waals surface area contributed by atoms with Crippen LogP contribution in [0, 0.1) is 12.8 Å². The van der Waals surface area contributed by atoms with E-state index in [1.54, 1.807) is 24.9 Å². The van der Waals surface area contributed by atoms with Gasteiger partial charge in [-0.3, -0.25) is 4.79 Å². The number of nitrogens with two attached hydrogens (primary N) is 1. The molecule has 2 rings (SSSR count). The summed E-state index contributed by atoms with van der Waals surface area (Å²) in [5.74, 6) is 0.436. The largest absolute Gasteiger partial charge is 0.341 e. The molecule has 0 radical (unpaired) electrons. The van der Waals surface area contributed by atoms with Crippen molar-refractivity contribution in [2.45, 2.75) is 24.7 Å². The number of nitrogens with zero attached hydrogens (tertiary/aromatic N) is 1. The first-order valence-electron chi connectivity index (χ1n) is 6.18. The number of hydrogen-bond donors (Lipinski definition) is 1. The number of amides is 1. The van der Waals surface area contributed by atoms with Gasteiger partial charge in [0.2, 0.25) is 10.0 Å². The van der Waals surface area contributed by atoms with Crippen molar-refractivity contribution in [2.75, 3.05) is 13.6 Å². The van der Waals surface area contributed by atoms with Crippen molar-refractivity contribution in [3.05, 3.63) is 29.3 Å². The second-order valence-corrected chi connectivity index (χ2v) is 6.71. The van der Waals surface area contributed by atoms with E-state index in [9.17, 15) is 13.2 Å². The summed E-state index contributed by atoms with van der Waals surface area (Å²) < 4.78 is 22.7. The average Bonchev–Trinajstić information content (AvgIpc) is 3.11. The van der Waals surface area contributed by atoms with Gasteiger partial charge in [0, 0.05) is 19.2 Å². The molecule has 1 aliphatic carbocycles. The number of carbonyl (C=O) groups excluding carboxylic acids is 1. The Morgan fingerprint density at radius 1 is 1.42 bits per heavy atom. The molecule has 0 heterocycles. The Morgan fingerprint density at radius 2 is 2.05 bits per heavy atom. The second kappa shape index (κ2) is 4.94. The molecular weight excluding hydrogens is 264 g/mol. The molecule has 2 N–H and O–H groups in total. The number of hydrogen-bond acceptors (Lipinski definition) is 3. The molecule has 1 aromatic rings. The van der Waals surface area contributed by atoms with E-state index in [-0.39, 0.29) is 10.8 Å². The molecule has 0 spiro atoms. The van der Waals surface area contributed by atoms with Crippen molar-refractivity contribution < 1.29 is 13.2 Å². The Morgan fingerprint density at radius 3 is 2.58 bits per heavy atom. The number of aryl methyl sites for hydroxylation is 1. The second-order valence-electron chi connectivity index (χ2n) is 5.15. The summed E-state index contributed by atoms with van der Waals surface area (Å²) in [6.45, 7) is 2.50. The maximum absolute atomic E-state index is 12.3. The van der Waals surface area contributed by atoms with Gasteiger partial charge in [-0.15, -0.1) is 0 Å². The molecule has 19 heavy (non-hydrogen) atoms. The van der Waals surface area contributed by atoms with Gasteiger partial charge < -0.3 is 4.90 Å². The van der Waals surface area contributed by atoms with Gasteiger partial charge in [0.25, 0.3) is 5.91 Å². The van der Waals surface area contributed by atoms with Crippen LogP contribution < -0.4 is 5.14 Å². The minimum absolute atomic E-state index is 0.0266. The molecule has 6 heteroatoms. The topological polar surface area (TPSA) is 80.5 Å². The van der Waals surface area contributed by atoms with Crippen molar-refractivity contribution in [2.24, 2.45) is 11.1 Å². The Labute approximate surface area is 113 Å². The van der Waals surface area contributed by atoms with Crippen LogP contribution >= 0.6 is 0 Å². The number of sulfonamides is 1. The third-order valence-electron chi connectivity index (χ3n) is 3.34. The van der Waals surface area contributed by atoms with Crippen molar-refractivity contribution >= 4 is 15.9 Å². The maximum atomic E-state index is 12.3. The van der Waals surface area contributed by atoms with Crippen molar-refractivity contribution in [1.82, 2.24) is 4.90 Å². The first-order chi connectivity index (χ1) is 8.79. The molecule has 1 aromatic carbocycles. The van der Waals surface area contributed by atoms with E-state index < -0.39 is 10.0 Å². The van der Waals surface area contributed by atoms with Gasteiger partial charge in [-0.05, 0) is 43.4 Å². The van der Waals surface area contributed by atoms with Gasteiger partial charge in [-0.1, -0.05) is 6.07 Å². The van der Waals surface area contributed by atoms with Gasteiger partial charge in [-0.25, -0.2) is 13.6 Å². The minimum Gasteiger partial charge on any atom is -0.341 e. The molecule has 0 unspecified atom stereocenters. The van der Waals surface area contributed by atoms with Gasteiger partial charge >= 0.3 is 0 Å². The first-order valence-corrected chi connectivity index (χ1v) is 7.72. The van der Waals surface area contributed by atoms with Crippen LogP contribution in [0.4, 0.5) is 0 Å². The summed E-state index contributed by atoms with van der Waals surface area (Å²) in [6.07, 6.45) is 2.32. The molecule has 1 aliphatic rings. The highest BCUT2D eigenvalue weighted by Crippen LogP contribution is 2.30. The minimum atomic E-state index is -3.78. The quantitative estimate of drug-likeness (QED) is 0.898. The number of benzene rings is 1. The maximum Gasteiger partial charge on any atom is 0.253 e. The fraction of sp³-hybridized carbons (Fsp3) is 0.462. The fourth-order valence-corrected chi connectivity index (χ4v) is 2.52. The molecular formula is C13H18N2O3S. The molecule has 0 saturated heterocycles. The van der Waals surface area contributed by atoms with Crippen LogP contribution in [0.2, 0.25) is 0 Å². The highest BCUT2D eigenvalue weighted by Gasteiger charge is 2.26. The van der Waals surface area contributed by atoms with E-state index in [4.69, 9.17) is 5.14 Å². The predicted octanol–water partition coefficient (Wildman–Crippen LogP) is 1.12. The Bertz CT molecular complexity index is 606. The van der Waals surface area contributed by atoms with Gasteiger partial charge in [0.1, 0.15) is 0 Å². The number of rotatable bonds is 4. The summed E-state index contributed by atoms with van der Waals surface area (Å²) in [4.78, 5) is 13.9. The normalized spacial score (nSPS) is 15.3. The van der Waals surface area contributed by atoms with Crippen LogP contribution in [-0.4, -0.2) is 32.8 Å². The lowest BCUT2D eigenvalue weighted by atomic mass is 10.1. The zero-order valence-corrected chi connectivity index (χ0v) is 11.9. The van der Waals surface area contributed by atoms with Crippen molar-refractivity contribution in [3.8, 4) is 0 Å². The van der Waals surface area contributed by atoms with Crippen molar-refractivity contribution in [1.29, 1.82) is 0 Å². The zero-order valence-electron chi connectivity index (χ0n) is 11.1. The van der Waals surface area contributed by atoms with E-state index >= 15 is 0 Å². The van der Waals surface area contributed by atoms with Gasteiger partial charge in [-0.2, -0.15) is 0 Å². The summed E-state index contributed by atoms with van der Waals surface area (Å²) in [5, 5.41) is 5.09. The molecule has 1 fully saturated rings. The van der Waals surface area contributed by atoms with Crippen molar-refractivity contribution in [3.63, 3.8) is 0 Å². The molecule has 104 valence electrons. The van der Waals surface area contributed by atoms with E-state index in [0.29, 0.717) is 11.5 Å². The standard InChI is InChI=1S/C13H18N2O3S/c1-9-3-6-11(19(14,17)18)7-12(9)13(16)15(2)8-10-4-5-10/h3,6-7,10H,4-5,8H2,1-2H3,(H2,14,17,18). The average molecular weight is 282 g/mol. The van der Waals surface area contributed by atoms with Gasteiger partial charge in [0.15, 0.2) is 0 Å². The van der Waals surface area contributed by atoms with Crippen LogP contribution in [0.15, 0.2) is 23.1 Å². The van der Waals surface area contributed by atoms with E-state index in [2.05, 4.69) is 0 Å². The summed E-state index contributed by atoms with van der Waals surface area (Å²) in [5.41, 5.74) is 1.15. The predicted molar refractivity (Wildman–Crippen MR) is 72.2 cm³/mol. The first kappa shape index (κ1) is 14.0. The lowest BCUT2D eigenvalue weighted by molar-refractivity contribution is 0.0787. The van der Waals surface area contributed by atoms with E-state index in [1.807, 2.05) is 0 Å². The zero-order chi connectivity index (χ0) is 14.2. The fourth-order valence-electron chi connectivity index (χ4n) is 1.98. The van der Waals surface area contributed by atoms with E-state index in [0.717, 1.165) is 24.9 Å². The monoisotopic (exact) mass is 282 g/mol. The molecule has 0 bridgehead atoms. The molecule has 1 saturated carbocycles. The summed E-state index contributed by atoms with van der Waals surface area (Å²) >= 11 is 0. The van der Waals surface area contributed by atoms with E-state index in [1.165, 1.54) is 12.1 Å². The third kappa shape index (κ3) is 3.33. The lowest BCUT2D eigenvalue weighted by Gasteiger charge is -2.18. The molecule has 0 atom stereocenters. The number of primary sulfonamides is 1. The Kier molecular flexibility index (Phi) is 3.64. The summed E-state index contributed by atoms with van der Waals surface area (Å²) in [7, 11) is -2.04. The SMILES string of the molecule is Cc1ccc(S(N)(=O)=O)cc1C(=O)N(C)CC1CC1. The molecule has 0 aromatic heterocycles.